The predicted octanol–water partition coefficient (Wildman–Crippen LogP) is 3.20. The van der Waals surface area contributed by atoms with Crippen molar-refractivity contribution in [3.8, 4) is 0 Å². The van der Waals surface area contributed by atoms with E-state index in [0.717, 1.165) is 4.88 Å². The minimum absolute atomic E-state index is 0.0333. The first-order valence-electron chi connectivity index (χ1n) is 7.15. The highest BCUT2D eigenvalue weighted by molar-refractivity contribution is 7.14. The third-order valence-corrected chi connectivity index (χ3v) is 4.03. The van der Waals surface area contributed by atoms with Gasteiger partial charge in [-0.1, -0.05) is 18.2 Å². The standard InChI is InChI=1S/C17H17NO4S/c1-12-7-9-15(23-12)14(19)8-10-17(21)22-11-16(20)18-13-5-3-2-4-6-13/h2-7,9H,8,10-11H2,1H3,(H,18,20). The number of carbonyl (C=O) groups is 3. The largest absolute Gasteiger partial charge is 0.456 e. The molecule has 0 bridgehead atoms. The van der Waals surface area contributed by atoms with Crippen LogP contribution < -0.4 is 5.32 Å². The number of hydrogen-bond acceptors (Lipinski definition) is 5. The minimum Gasteiger partial charge on any atom is -0.456 e. The van der Waals surface area contributed by atoms with Crippen molar-refractivity contribution in [2.75, 3.05) is 11.9 Å². The van der Waals surface area contributed by atoms with E-state index in [-0.39, 0.29) is 25.2 Å². The zero-order valence-electron chi connectivity index (χ0n) is 12.7. The molecule has 0 fully saturated rings. The number of aryl methyl sites for hydroxylation is 1. The van der Waals surface area contributed by atoms with Crippen LogP contribution in [0, 0.1) is 6.92 Å². The lowest BCUT2D eigenvalue weighted by Gasteiger charge is -2.06. The van der Waals surface area contributed by atoms with Crippen molar-refractivity contribution in [2.45, 2.75) is 19.8 Å². The Morgan fingerprint density at radius 2 is 1.78 bits per heavy atom. The summed E-state index contributed by atoms with van der Waals surface area (Å²) in [6, 6.07) is 12.5. The predicted molar refractivity (Wildman–Crippen MR) is 88.7 cm³/mol. The van der Waals surface area contributed by atoms with Crippen LogP contribution in [0.1, 0.15) is 27.4 Å². The van der Waals surface area contributed by atoms with Crippen molar-refractivity contribution in [3.63, 3.8) is 0 Å². The van der Waals surface area contributed by atoms with Crippen molar-refractivity contribution in [3.05, 3.63) is 52.2 Å². The summed E-state index contributed by atoms with van der Waals surface area (Å²) in [5, 5.41) is 2.61. The second kappa shape index (κ2) is 8.24. The molecule has 23 heavy (non-hydrogen) atoms. The number of rotatable bonds is 7. The molecule has 0 spiro atoms. The monoisotopic (exact) mass is 331 g/mol. The van der Waals surface area contributed by atoms with Crippen LogP contribution in [0.2, 0.25) is 0 Å². The molecule has 0 aliphatic carbocycles. The second-order valence-electron chi connectivity index (χ2n) is 4.91. The fourth-order valence-electron chi connectivity index (χ4n) is 1.86. The van der Waals surface area contributed by atoms with E-state index in [4.69, 9.17) is 4.74 Å². The van der Waals surface area contributed by atoms with Crippen LogP contribution in [0.3, 0.4) is 0 Å². The molecule has 1 aromatic carbocycles. The first kappa shape index (κ1) is 16.9. The van der Waals surface area contributed by atoms with Gasteiger partial charge in [0.1, 0.15) is 0 Å². The highest BCUT2D eigenvalue weighted by Gasteiger charge is 2.13. The molecule has 1 N–H and O–H groups in total. The summed E-state index contributed by atoms with van der Waals surface area (Å²) in [4.78, 5) is 36.8. The molecule has 6 heteroatoms. The van der Waals surface area contributed by atoms with Crippen LogP contribution in [-0.2, 0) is 14.3 Å². The summed E-state index contributed by atoms with van der Waals surface area (Å²) in [7, 11) is 0. The number of hydrogen-bond donors (Lipinski definition) is 1. The van der Waals surface area contributed by atoms with Crippen LogP contribution in [0.25, 0.3) is 0 Å². The Morgan fingerprint density at radius 1 is 1.04 bits per heavy atom. The molecule has 2 aromatic rings. The molecule has 0 radical (unpaired) electrons. The summed E-state index contributed by atoms with van der Waals surface area (Å²) in [6.07, 6.45) is 0.0491. The SMILES string of the molecule is Cc1ccc(C(=O)CCC(=O)OCC(=O)Nc2ccccc2)s1. The normalized spacial score (nSPS) is 10.1. The van der Waals surface area contributed by atoms with Gasteiger partial charge in [-0.05, 0) is 31.2 Å². The lowest BCUT2D eigenvalue weighted by atomic mass is 10.2. The molecular weight excluding hydrogens is 314 g/mol. The number of carbonyl (C=O) groups excluding carboxylic acids is 3. The third-order valence-electron chi connectivity index (χ3n) is 2.99. The Labute approximate surface area is 138 Å². The van der Waals surface area contributed by atoms with Crippen molar-refractivity contribution < 1.29 is 19.1 Å². The van der Waals surface area contributed by atoms with E-state index in [1.54, 1.807) is 30.3 Å². The first-order chi connectivity index (χ1) is 11.0. The summed E-state index contributed by atoms with van der Waals surface area (Å²) < 4.78 is 4.87. The molecule has 1 heterocycles. The van der Waals surface area contributed by atoms with Gasteiger partial charge < -0.3 is 10.1 Å². The maximum absolute atomic E-state index is 11.9. The van der Waals surface area contributed by atoms with E-state index < -0.39 is 11.9 Å². The third kappa shape index (κ3) is 5.67. The summed E-state index contributed by atoms with van der Waals surface area (Å²) in [5.41, 5.74) is 0.636. The molecule has 0 aliphatic heterocycles. The summed E-state index contributed by atoms with van der Waals surface area (Å²) >= 11 is 1.40. The Balaban J connectivity index is 1.68. The van der Waals surface area contributed by atoms with Gasteiger partial charge in [-0.15, -0.1) is 11.3 Å². The van der Waals surface area contributed by atoms with Gasteiger partial charge in [0.15, 0.2) is 12.4 Å². The van der Waals surface area contributed by atoms with E-state index in [1.165, 1.54) is 11.3 Å². The van der Waals surface area contributed by atoms with E-state index in [1.807, 2.05) is 19.1 Å². The lowest BCUT2D eigenvalue weighted by Crippen LogP contribution is -2.21. The summed E-state index contributed by atoms with van der Waals surface area (Å²) in [5.74, 6) is -1.06. The maximum Gasteiger partial charge on any atom is 0.306 e. The average Bonchev–Trinajstić information content (AvgIpc) is 2.98. The van der Waals surface area contributed by atoms with Gasteiger partial charge in [0.25, 0.3) is 5.91 Å². The fourth-order valence-corrected chi connectivity index (χ4v) is 2.69. The number of benzene rings is 1. The molecule has 1 amide bonds. The van der Waals surface area contributed by atoms with Crippen molar-refractivity contribution >= 4 is 34.7 Å². The molecule has 0 aliphatic rings. The smallest absolute Gasteiger partial charge is 0.306 e. The van der Waals surface area contributed by atoms with Crippen LogP contribution in [0.5, 0.6) is 0 Å². The number of thiophene rings is 1. The number of ketones is 1. The molecular formula is C17H17NO4S. The Morgan fingerprint density at radius 3 is 2.43 bits per heavy atom. The molecule has 0 unspecified atom stereocenters. The van der Waals surface area contributed by atoms with Gasteiger partial charge in [-0.2, -0.15) is 0 Å². The maximum atomic E-state index is 11.9. The average molecular weight is 331 g/mol. The van der Waals surface area contributed by atoms with E-state index in [2.05, 4.69) is 5.32 Å². The van der Waals surface area contributed by atoms with Crippen LogP contribution in [-0.4, -0.2) is 24.3 Å². The molecule has 2 rings (SSSR count). The zero-order valence-corrected chi connectivity index (χ0v) is 13.5. The first-order valence-corrected chi connectivity index (χ1v) is 7.96. The number of Topliss-reactive ketones (excluding diaryl/α,β-unsaturated/α-hetero) is 1. The second-order valence-corrected chi connectivity index (χ2v) is 6.20. The number of nitrogens with one attached hydrogen (secondary N) is 1. The molecule has 0 atom stereocenters. The van der Waals surface area contributed by atoms with Gasteiger partial charge in [0, 0.05) is 17.0 Å². The van der Waals surface area contributed by atoms with E-state index in [9.17, 15) is 14.4 Å². The van der Waals surface area contributed by atoms with Crippen LogP contribution >= 0.6 is 11.3 Å². The number of anilines is 1. The molecule has 1 aromatic heterocycles. The quantitative estimate of drug-likeness (QED) is 0.624. The Hall–Kier alpha value is -2.47. The number of para-hydroxylation sites is 1. The van der Waals surface area contributed by atoms with Gasteiger partial charge in [0.05, 0.1) is 11.3 Å². The highest BCUT2D eigenvalue weighted by atomic mass is 32.1. The van der Waals surface area contributed by atoms with Crippen LogP contribution in [0.15, 0.2) is 42.5 Å². The van der Waals surface area contributed by atoms with Crippen molar-refractivity contribution in [1.82, 2.24) is 0 Å². The number of ether oxygens (including phenoxy) is 1. The van der Waals surface area contributed by atoms with Crippen molar-refractivity contribution in [1.29, 1.82) is 0 Å². The Bertz CT molecular complexity index is 694. The van der Waals surface area contributed by atoms with Gasteiger partial charge in [-0.25, -0.2) is 0 Å². The topological polar surface area (TPSA) is 72.5 Å². The van der Waals surface area contributed by atoms with E-state index in [0.29, 0.717) is 10.6 Å². The molecule has 5 nitrogen and oxygen atoms in total. The fraction of sp³-hybridized carbons (Fsp3) is 0.235. The molecule has 120 valence electrons. The van der Waals surface area contributed by atoms with E-state index >= 15 is 0 Å². The summed E-state index contributed by atoms with van der Waals surface area (Å²) in [6.45, 7) is 1.56. The number of esters is 1. The minimum atomic E-state index is -0.560. The van der Waals surface area contributed by atoms with Gasteiger partial charge >= 0.3 is 5.97 Å². The van der Waals surface area contributed by atoms with Crippen LogP contribution in [0.4, 0.5) is 5.69 Å². The van der Waals surface area contributed by atoms with Gasteiger partial charge in [-0.3, -0.25) is 14.4 Å². The highest BCUT2D eigenvalue weighted by Crippen LogP contribution is 2.17. The Kier molecular flexibility index (Phi) is 6.05. The number of amides is 1. The molecule has 0 saturated carbocycles. The van der Waals surface area contributed by atoms with Gasteiger partial charge in [0.2, 0.25) is 0 Å². The lowest BCUT2D eigenvalue weighted by molar-refractivity contribution is -0.147. The van der Waals surface area contributed by atoms with Crippen molar-refractivity contribution in [2.24, 2.45) is 0 Å². The zero-order chi connectivity index (χ0) is 16.7. The molecule has 0 saturated heterocycles.